The van der Waals surface area contributed by atoms with Crippen LogP contribution < -0.4 is 9.64 Å². The van der Waals surface area contributed by atoms with E-state index in [1.807, 2.05) is 48.5 Å². The minimum Gasteiger partial charge on any atom is -0.489 e. The Morgan fingerprint density at radius 3 is 2.39 bits per heavy atom. The van der Waals surface area contributed by atoms with Gasteiger partial charge in [0.1, 0.15) is 18.0 Å². The molecule has 0 atom stereocenters. The molecule has 172 valence electrons. The summed E-state index contributed by atoms with van der Waals surface area (Å²) >= 11 is 3.47. The van der Waals surface area contributed by atoms with E-state index in [9.17, 15) is 9.59 Å². The molecule has 0 aliphatic heterocycles. The van der Waals surface area contributed by atoms with Gasteiger partial charge in [-0.05, 0) is 44.5 Å². The Kier molecular flexibility index (Phi) is 7.65. The van der Waals surface area contributed by atoms with E-state index in [0.717, 1.165) is 16.2 Å². The van der Waals surface area contributed by atoms with Gasteiger partial charge in [-0.25, -0.2) is 19.6 Å². The first-order chi connectivity index (χ1) is 15.6. The summed E-state index contributed by atoms with van der Waals surface area (Å²) in [5.41, 5.74) is 0.742. The zero-order valence-electron chi connectivity index (χ0n) is 18.5. The van der Waals surface area contributed by atoms with E-state index in [4.69, 9.17) is 14.6 Å². The Labute approximate surface area is 200 Å². The van der Waals surface area contributed by atoms with Crippen molar-refractivity contribution in [1.29, 1.82) is 0 Å². The molecule has 0 saturated heterocycles. The van der Waals surface area contributed by atoms with E-state index >= 15 is 0 Å². The number of carbonyl (C=O) groups is 2. The van der Waals surface area contributed by atoms with Gasteiger partial charge in [-0.2, -0.15) is 0 Å². The fourth-order valence-electron chi connectivity index (χ4n) is 2.85. The fraction of sp³-hybridized carbons (Fsp3) is 0.250. The van der Waals surface area contributed by atoms with Gasteiger partial charge in [0.25, 0.3) is 0 Å². The summed E-state index contributed by atoms with van der Waals surface area (Å²) < 4.78 is 12.4. The molecule has 1 amide bonds. The van der Waals surface area contributed by atoms with Crippen LogP contribution in [-0.4, -0.2) is 32.7 Å². The lowest BCUT2D eigenvalue weighted by atomic mass is 10.1. The maximum Gasteiger partial charge on any atom is 0.416 e. The molecule has 0 unspecified atom stereocenters. The molecule has 1 aromatic heterocycles. The van der Waals surface area contributed by atoms with Crippen molar-refractivity contribution in [3.05, 3.63) is 82.2 Å². The lowest BCUT2D eigenvalue weighted by Gasteiger charge is -2.27. The van der Waals surface area contributed by atoms with E-state index < -0.39 is 17.7 Å². The average molecular weight is 514 g/mol. The summed E-state index contributed by atoms with van der Waals surface area (Å²) in [7, 11) is 0. The van der Waals surface area contributed by atoms with Crippen LogP contribution in [0.15, 0.2) is 65.4 Å². The average Bonchev–Trinajstić information content (AvgIpc) is 2.76. The minimum atomic E-state index is -1.21. The van der Waals surface area contributed by atoms with Crippen LogP contribution in [0.1, 0.15) is 42.4 Å². The summed E-state index contributed by atoms with van der Waals surface area (Å²) in [5.74, 6) is -0.463. The molecular weight excluding hydrogens is 490 g/mol. The van der Waals surface area contributed by atoms with Crippen LogP contribution in [0.5, 0.6) is 5.75 Å². The molecule has 0 spiro atoms. The number of nitrogens with zero attached hydrogens (tertiary/aromatic N) is 3. The second kappa shape index (κ2) is 10.4. The number of amides is 1. The topological polar surface area (TPSA) is 102 Å². The second-order valence-electron chi connectivity index (χ2n) is 8.16. The van der Waals surface area contributed by atoms with Gasteiger partial charge in [-0.1, -0.05) is 46.3 Å². The molecule has 8 nitrogen and oxygen atoms in total. The minimum absolute atomic E-state index is 0.0690. The van der Waals surface area contributed by atoms with Crippen molar-refractivity contribution in [3.8, 4) is 5.75 Å². The van der Waals surface area contributed by atoms with Crippen molar-refractivity contribution in [3.63, 3.8) is 0 Å². The molecule has 1 N–H and O–H groups in total. The molecule has 3 aromatic rings. The molecule has 0 aliphatic rings. The lowest BCUT2D eigenvalue weighted by Crippen LogP contribution is -2.37. The second-order valence-corrected chi connectivity index (χ2v) is 9.07. The molecule has 9 heteroatoms. The van der Waals surface area contributed by atoms with Gasteiger partial charge in [0, 0.05) is 10.0 Å². The Balaban J connectivity index is 1.92. The predicted octanol–water partition coefficient (Wildman–Crippen LogP) is 5.46. The third-order valence-electron chi connectivity index (χ3n) is 4.34. The van der Waals surface area contributed by atoms with Crippen LogP contribution in [0.4, 0.5) is 10.6 Å². The number of halogens is 1. The van der Waals surface area contributed by atoms with Crippen LogP contribution in [0.25, 0.3) is 0 Å². The predicted molar refractivity (Wildman–Crippen MR) is 126 cm³/mol. The Hall–Kier alpha value is -3.46. The normalized spacial score (nSPS) is 11.0. The molecule has 2 aromatic carbocycles. The molecule has 0 fully saturated rings. The first kappa shape index (κ1) is 24.2. The van der Waals surface area contributed by atoms with Crippen molar-refractivity contribution in [1.82, 2.24) is 9.97 Å². The first-order valence-electron chi connectivity index (χ1n) is 10.1. The molecule has 33 heavy (non-hydrogen) atoms. The van der Waals surface area contributed by atoms with Crippen LogP contribution in [0.3, 0.4) is 0 Å². The van der Waals surface area contributed by atoms with E-state index in [1.54, 1.807) is 20.8 Å². The Morgan fingerprint density at radius 1 is 1.06 bits per heavy atom. The molecule has 3 rings (SSSR count). The van der Waals surface area contributed by atoms with Crippen molar-refractivity contribution in [2.75, 3.05) is 4.90 Å². The summed E-state index contributed by atoms with van der Waals surface area (Å²) in [6, 6.07) is 15.2. The molecule has 0 radical (unpaired) electrons. The maximum atomic E-state index is 13.0. The summed E-state index contributed by atoms with van der Waals surface area (Å²) in [4.78, 5) is 33.5. The number of anilines is 1. The Bertz CT molecular complexity index is 1120. The number of rotatable bonds is 7. The third-order valence-corrected chi connectivity index (χ3v) is 4.83. The third kappa shape index (κ3) is 7.01. The van der Waals surface area contributed by atoms with Gasteiger partial charge in [0.05, 0.1) is 18.9 Å². The number of hydrogen-bond donors (Lipinski definition) is 1. The highest BCUT2D eigenvalue weighted by Gasteiger charge is 2.26. The van der Waals surface area contributed by atoms with Gasteiger partial charge < -0.3 is 14.6 Å². The van der Waals surface area contributed by atoms with Crippen molar-refractivity contribution < 1.29 is 24.2 Å². The van der Waals surface area contributed by atoms with E-state index in [0.29, 0.717) is 17.9 Å². The number of aromatic carboxylic acids is 1. The molecule has 0 saturated carbocycles. The van der Waals surface area contributed by atoms with Gasteiger partial charge in [-0.15, -0.1) is 0 Å². The lowest BCUT2D eigenvalue weighted by molar-refractivity contribution is 0.0575. The summed E-state index contributed by atoms with van der Waals surface area (Å²) in [5, 5.41) is 9.10. The zero-order chi connectivity index (χ0) is 24.0. The largest absolute Gasteiger partial charge is 0.489 e. The molecule has 0 bridgehead atoms. The van der Waals surface area contributed by atoms with Crippen molar-refractivity contribution in [2.45, 2.75) is 39.5 Å². The van der Waals surface area contributed by atoms with Crippen molar-refractivity contribution >= 4 is 33.8 Å². The maximum absolute atomic E-state index is 13.0. The fourth-order valence-corrected chi connectivity index (χ4v) is 3.25. The number of hydrogen-bond acceptors (Lipinski definition) is 6. The standard InChI is InChI=1S/C24H24BrN3O5/c1-24(2,3)33-23(31)28(21-13-26-19(12-27-21)22(29)30)14-17-11-18(25)9-10-20(17)32-15-16-7-5-4-6-8-16/h4-13H,14-15H2,1-3H3,(H,29,30). The number of benzene rings is 2. The highest BCUT2D eigenvalue weighted by Crippen LogP contribution is 2.28. The van der Waals surface area contributed by atoms with E-state index in [1.165, 1.54) is 11.1 Å². The number of carboxylic acid groups (broad SMARTS) is 1. The van der Waals surface area contributed by atoms with Gasteiger partial charge in [0.2, 0.25) is 0 Å². The van der Waals surface area contributed by atoms with Crippen molar-refractivity contribution in [2.24, 2.45) is 0 Å². The quantitative estimate of drug-likeness (QED) is 0.447. The number of aromatic nitrogens is 2. The number of ether oxygens (including phenoxy) is 2. The van der Waals surface area contributed by atoms with Crippen LogP contribution in [-0.2, 0) is 17.9 Å². The van der Waals surface area contributed by atoms with Crippen LogP contribution in [0.2, 0.25) is 0 Å². The SMILES string of the molecule is CC(C)(C)OC(=O)N(Cc1cc(Br)ccc1OCc1ccccc1)c1cnc(C(=O)O)cn1. The highest BCUT2D eigenvalue weighted by atomic mass is 79.9. The summed E-state index contributed by atoms with van der Waals surface area (Å²) in [6.45, 7) is 5.70. The highest BCUT2D eigenvalue weighted by molar-refractivity contribution is 9.10. The molecular formula is C24H24BrN3O5. The van der Waals surface area contributed by atoms with Gasteiger partial charge >= 0.3 is 12.1 Å². The van der Waals surface area contributed by atoms with Crippen LogP contribution >= 0.6 is 15.9 Å². The van der Waals surface area contributed by atoms with Gasteiger partial charge in [-0.3, -0.25) is 4.90 Å². The molecule has 1 heterocycles. The van der Waals surface area contributed by atoms with Gasteiger partial charge in [0.15, 0.2) is 11.5 Å². The van der Waals surface area contributed by atoms with E-state index in [-0.39, 0.29) is 18.1 Å². The zero-order valence-corrected chi connectivity index (χ0v) is 20.1. The smallest absolute Gasteiger partial charge is 0.416 e. The summed E-state index contributed by atoms with van der Waals surface area (Å²) in [6.07, 6.45) is 1.69. The van der Waals surface area contributed by atoms with Crippen LogP contribution in [0, 0.1) is 0 Å². The Morgan fingerprint density at radius 2 is 1.79 bits per heavy atom. The first-order valence-corrected chi connectivity index (χ1v) is 10.9. The number of carbonyl (C=O) groups excluding carboxylic acids is 1. The monoisotopic (exact) mass is 513 g/mol. The number of carboxylic acids is 1. The molecule has 0 aliphatic carbocycles. The van der Waals surface area contributed by atoms with E-state index in [2.05, 4.69) is 25.9 Å².